The van der Waals surface area contributed by atoms with Crippen LogP contribution in [0.2, 0.25) is 0 Å². The molecule has 1 amide bonds. The van der Waals surface area contributed by atoms with Crippen LogP contribution in [0.15, 0.2) is 42.9 Å². The number of H-pyrrole nitrogens is 1. The van der Waals surface area contributed by atoms with E-state index in [2.05, 4.69) is 26.9 Å². The molecule has 2 aliphatic heterocycles. The summed E-state index contributed by atoms with van der Waals surface area (Å²) in [5.74, 6) is -0.414. The summed E-state index contributed by atoms with van der Waals surface area (Å²) >= 11 is 0. The first-order chi connectivity index (χ1) is 15.4. The Hall–Kier alpha value is -3.30. The Bertz CT molecular complexity index is 1110. The molecule has 2 fully saturated rings. The number of aromatic amines is 1. The third-order valence-electron chi connectivity index (χ3n) is 5.65. The molecule has 0 saturated carbocycles. The van der Waals surface area contributed by atoms with Gasteiger partial charge in [0.05, 0.1) is 24.9 Å². The summed E-state index contributed by atoms with van der Waals surface area (Å²) in [5, 5.41) is 8.37. The van der Waals surface area contributed by atoms with Crippen molar-refractivity contribution in [3.63, 3.8) is 0 Å². The Morgan fingerprint density at radius 3 is 2.78 bits per heavy atom. The second-order valence-electron chi connectivity index (χ2n) is 8.30. The van der Waals surface area contributed by atoms with Crippen LogP contribution in [0.25, 0.3) is 22.3 Å². The molecule has 2 aliphatic rings. The van der Waals surface area contributed by atoms with Crippen molar-refractivity contribution in [2.24, 2.45) is 5.92 Å². The van der Waals surface area contributed by atoms with Crippen molar-refractivity contribution in [3.8, 4) is 11.3 Å². The summed E-state index contributed by atoms with van der Waals surface area (Å²) in [7, 11) is 2.12. The number of nitrogens with zero attached hydrogens (tertiary/aromatic N) is 4. The van der Waals surface area contributed by atoms with Crippen LogP contribution in [0.1, 0.15) is 17.3 Å². The number of amides is 1. The minimum Gasteiger partial charge on any atom is -0.481 e. The van der Waals surface area contributed by atoms with E-state index in [0.717, 1.165) is 55.5 Å². The molecule has 168 valence electrons. The van der Waals surface area contributed by atoms with Gasteiger partial charge in [-0.05, 0) is 25.2 Å². The van der Waals surface area contributed by atoms with E-state index in [1.165, 1.54) is 0 Å². The smallest absolute Gasteiger partial charge is 0.300 e. The van der Waals surface area contributed by atoms with Crippen LogP contribution >= 0.6 is 0 Å². The molecule has 0 aliphatic carbocycles. The number of carbonyl (C=O) groups is 2. The highest BCUT2D eigenvalue weighted by Gasteiger charge is 2.35. The van der Waals surface area contributed by atoms with Gasteiger partial charge in [0.1, 0.15) is 12.0 Å². The van der Waals surface area contributed by atoms with E-state index in [4.69, 9.17) is 14.6 Å². The van der Waals surface area contributed by atoms with Gasteiger partial charge >= 0.3 is 0 Å². The molecule has 2 bridgehead atoms. The number of aliphatic carboxylic acids is 1. The zero-order valence-corrected chi connectivity index (χ0v) is 18.2. The zero-order chi connectivity index (χ0) is 22.7. The van der Waals surface area contributed by atoms with Gasteiger partial charge in [-0.3, -0.25) is 9.59 Å². The maximum absolute atomic E-state index is 13.4. The normalized spacial score (nSPS) is 20.9. The monoisotopic (exact) mass is 437 g/mol. The highest BCUT2D eigenvalue weighted by Crippen LogP contribution is 2.27. The van der Waals surface area contributed by atoms with Gasteiger partial charge in [-0.1, -0.05) is 12.1 Å². The number of aromatic nitrogens is 3. The number of ether oxygens (including phenoxy) is 1. The largest absolute Gasteiger partial charge is 0.481 e. The van der Waals surface area contributed by atoms with Crippen LogP contribution in [0.3, 0.4) is 0 Å². The fourth-order valence-electron chi connectivity index (χ4n) is 4.39. The number of benzene rings is 1. The number of hydrogen-bond donors (Lipinski definition) is 2. The van der Waals surface area contributed by atoms with Gasteiger partial charge in [0.15, 0.2) is 0 Å². The standard InChI is InChI=1S/C21H23N5O2.C2H4O2/c1-25-8-14-9-26(17(10-25)12-28-11-14)21(27)16-4-2-3-15(7-16)19-18-5-6-22-20(18)24-13-23-19;1-2(3)4/h2-7,13-14,17H,8-12H2,1H3,(H,22,23,24);1H3,(H,3,4)/t14-,17-;/m0./s1. The molecule has 2 atom stereocenters. The van der Waals surface area contributed by atoms with Gasteiger partial charge in [-0.2, -0.15) is 0 Å². The van der Waals surface area contributed by atoms with Crippen LogP contribution in [0.5, 0.6) is 0 Å². The van der Waals surface area contributed by atoms with Gasteiger partial charge in [0.2, 0.25) is 0 Å². The molecule has 2 aromatic heterocycles. The molecule has 2 N–H and O–H groups in total. The molecule has 5 rings (SSSR count). The van der Waals surface area contributed by atoms with Gasteiger partial charge in [0.25, 0.3) is 11.9 Å². The van der Waals surface area contributed by atoms with Crippen LogP contribution in [-0.4, -0.2) is 87.7 Å². The van der Waals surface area contributed by atoms with Crippen LogP contribution in [0, 0.1) is 5.92 Å². The zero-order valence-electron chi connectivity index (χ0n) is 18.2. The predicted molar refractivity (Wildman–Crippen MR) is 119 cm³/mol. The quantitative estimate of drug-likeness (QED) is 0.632. The van der Waals surface area contributed by atoms with Gasteiger partial charge in [-0.15, -0.1) is 0 Å². The fraction of sp³-hybridized carbons (Fsp3) is 0.391. The minimum absolute atomic E-state index is 0.0667. The van der Waals surface area contributed by atoms with Crippen molar-refractivity contribution in [3.05, 3.63) is 48.4 Å². The lowest BCUT2D eigenvalue weighted by Crippen LogP contribution is -2.45. The molecule has 32 heavy (non-hydrogen) atoms. The summed E-state index contributed by atoms with van der Waals surface area (Å²) in [4.78, 5) is 38.5. The van der Waals surface area contributed by atoms with E-state index in [9.17, 15) is 4.79 Å². The van der Waals surface area contributed by atoms with Crippen LogP contribution in [0.4, 0.5) is 0 Å². The molecule has 9 heteroatoms. The first kappa shape index (κ1) is 21.9. The van der Waals surface area contributed by atoms with Crippen LogP contribution in [-0.2, 0) is 9.53 Å². The van der Waals surface area contributed by atoms with Crippen molar-refractivity contribution in [2.45, 2.75) is 13.0 Å². The number of carboxylic acid groups (broad SMARTS) is 1. The average molecular weight is 438 g/mol. The number of likely N-dealkylation sites (N-methyl/N-ethyl adjacent to an activating group) is 1. The Morgan fingerprint density at radius 2 is 1.97 bits per heavy atom. The van der Waals surface area contributed by atoms with Gasteiger partial charge in [0, 0.05) is 55.2 Å². The van der Waals surface area contributed by atoms with Crippen molar-refractivity contribution in [2.75, 3.05) is 39.9 Å². The van der Waals surface area contributed by atoms with E-state index < -0.39 is 5.97 Å². The molecule has 1 aromatic carbocycles. The van der Waals surface area contributed by atoms with Crippen molar-refractivity contribution < 1.29 is 19.4 Å². The van der Waals surface area contributed by atoms with Gasteiger partial charge in [-0.25, -0.2) is 9.97 Å². The number of hydrogen-bond acceptors (Lipinski definition) is 6. The third kappa shape index (κ3) is 4.79. The molecular formula is C23H27N5O4. The van der Waals surface area contributed by atoms with E-state index in [1.54, 1.807) is 6.33 Å². The Labute approximate surface area is 186 Å². The second-order valence-corrected chi connectivity index (χ2v) is 8.30. The summed E-state index contributed by atoms with van der Waals surface area (Å²) in [5.41, 5.74) is 3.24. The van der Waals surface area contributed by atoms with Gasteiger partial charge < -0.3 is 24.6 Å². The van der Waals surface area contributed by atoms with E-state index >= 15 is 0 Å². The summed E-state index contributed by atoms with van der Waals surface area (Å²) in [6.45, 7) is 4.96. The minimum atomic E-state index is -0.833. The predicted octanol–water partition coefficient (Wildman–Crippen LogP) is 2.12. The maximum Gasteiger partial charge on any atom is 0.300 e. The number of carboxylic acids is 1. The molecule has 0 spiro atoms. The third-order valence-corrected chi connectivity index (χ3v) is 5.65. The summed E-state index contributed by atoms with van der Waals surface area (Å²) in [6, 6.07) is 9.80. The molecule has 0 unspecified atom stereocenters. The lowest BCUT2D eigenvalue weighted by Gasteiger charge is -2.29. The van der Waals surface area contributed by atoms with Crippen molar-refractivity contribution in [1.29, 1.82) is 0 Å². The number of carbonyl (C=O) groups excluding carboxylic acids is 1. The Morgan fingerprint density at radius 1 is 1.16 bits per heavy atom. The maximum atomic E-state index is 13.4. The SMILES string of the molecule is CC(=O)O.CN1C[C@@H]2COC[C@H](C1)N(C(=O)c1cccc(-c3ncnc4[nH]ccc34)c1)C2. The number of fused-ring (bicyclic) bond motifs is 4. The highest BCUT2D eigenvalue weighted by atomic mass is 16.5. The molecular weight excluding hydrogens is 410 g/mol. The van der Waals surface area contributed by atoms with Crippen molar-refractivity contribution >= 4 is 22.9 Å². The summed E-state index contributed by atoms with van der Waals surface area (Å²) in [6.07, 6.45) is 3.40. The molecule has 3 aromatic rings. The molecule has 4 heterocycles. The highest BCUT2D eigenvalue weighted by molar-refractivity contribution is 5.97. The van der Waals surface area contributed by atoms with E-state index in [0.29, 0.717) is 18.1 Å². The molecule has 2 saturated heterocycles. The lowest BCUT2D eigenvalue weighted by molar-refractivity contribution is -0.134. The molecule has 9 nitrogen and oxygen atoms in total. The average Bonchev–Trinajstić information content (AvgIpc) is 3.08. The van der Waals surface area contributed by atoms with Crippen molar-refractivity contribution in [1.82, 2.24) is 24.8 Å². The number of rotatable bonds is 2. The Balaban J connectivity index is 0.000000567. The summed E-state index contributed by atoms with van der Waals surface area (Å²) < 4.78 is 5.82. The van der Waals surface area contributed by atoms with E-state index in [-0.39, 0.29) is 11.9 Å². The second kappa shape index (κ2) is 9.46. The first-order valence-electron chi connectivity index (χ1n) is 10.6. The van der Waals surface area contributed by atoms with E-state index in [1.807, 2.05) is 41.4 Å². The topological polar surface area (TPSA) is 112 Å². The number of nitrogens with one attached hydrogen (secondary N) is 1. The lowest BCUT2D eigenvalue weighted by atomic mass is 10.0. The Kier molecular flexibility index (Phi) is 6.48. The molecule has 0 radical (unpaired) electrons. The van der Waals surface area contributed by atoms with Crippen LogP contribution < -0.4 is 0 Å². The first-order valence-corrected chi connectivity index (χ1v) is 10.6. The fourth-order valence-corrected chi connectivity index (χ4v) is 4.39.